The molecule has 3 unspecified atom stereocenters. The second kappa shape index (κ2) is 50.2. The average molecular weight is 844 g/mol. The summed E-state index contributed by atoms with van der Waals surface area (Å²) in [6.45, 7) is 4.17. The molecule has 0 aliphatic carbocycles. The predicted molar refractivity (Wildman–Crippen MR) is 264 cm³/mol. The Morgan fingerprint density at radius 2 is 0.683 bits per heavy atom. The van der Waals surface area contributed by atoms with Crippen LogP contribution in [-0.2, 0) is 4.79 Å². The molecule has 5 heteroatoms. The molecule has 354 valence electrons. The first-order valence-electron chi connectivity index (χ1n) is 26.8. The zero-order valence-corrected chi connectivity index (χ0v) is 40.4. The maximum Gasteiger partial charge on any atom is 0.249 e. The van der Waals surface area contributed by atoms with Crippen LogP contribution >= 0.6 is 0 Å². The Balaban J connectivity index is 3.53. The fraction of sp³-hybridized carbons (Fsp3) is 0.873. The topological polar surface area (TPSA) is 89.8 Å². The van der Waals surface area contributed by atoms with Crippen molar-refractivity contribution in [2.24, 2.45) is 0 Å². The Labute approximate surface area is 374 Å². The summed E-state index contributed by atoms with van der Waals surface area (Å²) >= 11 is 0. The van der Waals surface area contributed by atoms with E-state index in [9.17, 15) is 20.1 Å². The van der Waals surface area contributed by atoms with Gasteiger partial charge in [0.25, 0.3) is 0 Å². The minimum absolute atomic E-state index is 0.379. The Bertz CT molecular complexity index is 931. The molecule has 0 heterocycles. The molecule has 0 aliphatic heterocycles. The van der Waals surface area contributed by atoms with Crippen molar-refractivity contribution in [3.63, 3.8) is 0 Å². The number of hydrogen-bond donors (Lipinski definition) is 4. The van der Waals surface area contributed by atoms with E-state index in [0.29, 0.717) is 6.42 Å². The maximum atomic E-state index is 12.5. The molecule has 0 radical (unpaired) electrons. The van der Waals surface area contributed by atoms with Crippen molar-refractivity contribution in [3.05, 3.63) is 36.5 Å². The van der Waals surface area contributed by atoms with E-state index in [2.05, 4.69) is 43.5 Å². The van der Waals surface area contributed by atoms with Crippen LogP contribution in [0, 0.1) is 0 Å². The Kier molecular flexibility index (Phi) is 49.0. The predicted octanol–water partition coefficient (Wildman–Crippen LogP) is 16.3. The molecule has 0 aromatic carbocycles. The van der Waals surface area contributed by atoms with Gasteiger partial charge in [-0.3, -0.25) is 4.79 Å². The van der Waals surface area contributed by atoms with Crippen LogP contribution in [0.4, 0.5) is 0 Å². The monoisotopic (exact) mass is 844 g/mol. The van der Waals surface area contributed by atoms with Crippen molar-refractivity contribution in [1.82, 2.24) is 5.32 Å². The highest BCUT2D eigenvalue weighted by Gasteiger charge is 2.22. The summed E-state index contributed by atoms with van der Waals surface area (Å²) < 4.78 is 0. The molecule has 1 amide bonds. The highest BCUT2D eigenvalue weighted by atomic mass is 16.3. The Morgan fingerprint density at radius 1 is 0.400 bits per heavy atom. The van der Waals surface area contributed by atoms with E-state index in [1.54, 1.807) is 6.08 Å². The van der Waals surface area contributed by atoms with Crippen LogP contribution in [-0.4, -0.2) is 46.1 Å². The Morgan fingerprint density at radius 3 is 1.02 bits per heavy atom. The second-order valence-corrected chi connectivity index (χ2v) is 18.4. The zero-order valence-electron chi connectivity index (χ0n) is 40.4. The van der Waals surface area contributed by atoms with Gasteiger partial charge in [-0.15, -0.1) is 0 Å². The lowest BCUT2D eigenvalue weighted by molar-refractivity contribution is -0.131. The first kappa shape index (κ1) is 58.6. The van der Waals surface area contributed by atoms with Gasteiger partial charge in [0, 0.05) is 0 Å². The van der Waals surface area contributed by atoms with Crippen LogP contribution in [0.5, 0.6) is 0 Å². The lowest BCUT2D eigenvalue weighted by atomic mass is 10.0. The smallest absolute Gasteiger partial charge is 0.249 e. The molecule has 0 aromatic rings. The maximum absolute atomic E-state index is 12.5. The standard InChI is InChI=1S/C55H105NO4/c1-3-5-7-9-11-13-15-17-19-20-21-22-23-24-25-26-27-28-29-30-31-32-33-34-36-38-40-42-44-46-48-50-54(59)55(60)56-52(51-57)53(58)49-47-45-43-41-39-37-35-18-16-14-12-10-8-6-4-2/h16,18,39,41,47,49,52-54,57-59H,3-15,17,19-38,40,42-46,48,50-51H2,1-2H3,(H,56,60)/b18-16+,41-39+,49-47+. The van der Waals surface area contributed by atoms with Gasteiger partial charge < -0.3 is 20.6 Å². The third-order valence-electron chi connectivity index (χ3n) is 12.5. The number of aliphatic hydroxyl groups excluding tert-OH is 3. The number of unbranched alkanes of at least 4 members (excludes halogenated alkanes) is 37. The molecule has 0 bridgehead atoms. The lowest BCUT2D eigenvalue weighted by Gasteiger charge is -2.21. The molecule has 0 saturated carbocycles. The molecular formula is C55H105NO4. The molecule has 3 atom stereocenters. The molecule has 0 rings (SSSR count). The van der Waals surface area contributed by atoms with Gasteiger partial charge in [-0.2, -0.15) is 0 Å². The molecule has 4 N–H and O–H groups in total. The normalized spacial score (nSPS) is 13.6. The fourth-order valence-corrected chi connectivity index (χ4v) is 8.28. The quantitative estimate of drug-likeness (QED) is 0.0363. The molecule has 0 fully saturated rings. The summed E-state index contributed by atoms with van der Waals surface area (Å²) in [5.74, 6) is -0.513. The number of aliphatic hydroxyl groups is 3. The van der Waals surface area contributed by atoms with Gasteiger partial charge >= 0.3 is 0 Å². The van der Waals surface area contributed by atoms with Crippen LogP contribution in [0.3, 0.4) is 0 Å². The van der Waals surface area contributed by atoms with Crippen molar-refractivity contribution in [2.75, 3.05) is 6.61 Å². The van der Waals surface area contributed by atoms with Crippen LogP contribution in [0.25, 0.3) is 0 Å². The Hall–Kier alpha value is -1.43. The van der Waals surface area contributed by atoms with E-state index in [-0.39, 0.29) is 6.61 Å². The van der Waals surface area contributed by atoms with Gasteiger partial charge in [0.2, 0.25) is 5.91 Å². The summed E-state index contributed by atoms with van der Waals surface area (Å²) in [5, 5.41) is 33.2. The third-order valence-corrected chi connectivity index (χ3v) is 12.5. The molecular weight excluding hydrogens is 739 g/mol. The SMILES string of the molecule is CCCCCCC/C=C/CC/C=C/CC/C=C/C(O)C(CO)NC(=O)C(O)CCCCCCCCCCCCCCCCCCCCCCCCCCCCCCCCC. The van der Waals surface area contributed by atoms with E-state index in [1.165, 1.54) is 218 Å². The number of carbonyl (C=O) groups excluding carboxylic acids is 1. The largest absolute Gasteiger partial charge is 0.394 e. The molecule has 0 aliphatic rings. The molecule has 0 aromatic heterocycles. The van der Waals surface area contributed by atoms with Crippen LogP contribution < -0.4 is 5.32 Å². The zero-order chi connectivity index (χ0) is 43.7. The number of hydrogen-bond acceptors (Lipinski definition) is 4. The first-order valence-corrected chi connectivity index (χ1v) is 26.8. The van der Waals surface area contributed by atoms with Crippen LogP contribution in [0.1, 0.15) is 284 Å². The van der Waals surface area contributed by atoms with Crippen LogP contribution in [0.15, 0.2) is 36.5 Å². The van der Waals surface area contributed by atoms with Gasteiger partial charge in [-0.1, -0.05) is 275 Å². The van der Waals surface area contributed by atoms with E-state index < -0.39 is 24.2 Å². The average Bonchev–Trinajstić information content (AvgIpc) is 3.25. The van der Waals surface area contributed by atoms with Crippen molar-refractivity contribution in [1.29, 1.82) is 0 Å². The van der Waals surface area contributed by atoms with Gasteiger partial charge in [0.05, 0.1) is 18.8 Å². The van der Waals surface area contributed by atoms with Gasteiger partial charge in [-0.05, 0) is 44.9 Å². The fourth-order valence-electron chi connectivity index (χ4n) is 8.28. The van der Waals surface area contributed by atoms with E-state index in [4.69, 9.17) is 0 Å². The number of amides is 1. The number of carbonyl (C=O) groups is 1. The van der Waals surface area contributed by atoms with E-state index >= 15 is 0 Å². The van der Waals surface area contributed by atoms with E-state index in [1.807, 2.05) is 6.08 Å². The van der Waals surface area contributed by atoms with Gasteiger partial charge in [-0.25, -0.2) is 0 Å². The second-order valence-electron chi connectivity index (χ2n) is 18.4. The number of nitrogens with one attached hydrogen (secondary N) is 1. The molecule has 0 saturated heterocycles. The summed E-state index contributed by atoms with van der Waals surface area (Å²) in [6.07, 6.45) is 65.1. The molecule has 5 nitrogen and oxygen atoms in total. The van der Waals surface area contributed by atoms with Crippen molar-refractivity contribution >= 4 is 5.91 Å². The van der Waals surface area contributed by atoms with Crippen molar-refractivity contribution in [3.8, 4) is 0 Å². The number of rotatable bonds is 49. The summed E-state index contributed by atoms with van der Waals surface area (Å²) in [7, 11) is 0. The first-order chi connectivity index (χ1) is 29.6. The molecule has 0 spiro atoms. The summed E-state index contributed by atoms with van der Waals surface area (Å²) in [6, 6.07) is -0.819. The minimum Gasteiger partial charge on any atom is -0.394 e. The third kappa shape index (κ3) is 44.6. The highest BCUT2D eigenvalue weighted by Crippen LogP contribution is 2.17. The number of allylic oxidation sites excluding steroid dienone is 5. The minimum atomic E-state index is -1.11. The van der Waals surface area contributed by atoms with E-state index in [0.717, 1.165) is 44.9 Å². The van der Waals surface area contributed by atoms with Gasteiger partial charge in [0.15, 0.2) is 0 Å². The van der Waals surface area contributed by atoms with Crippen molar-refractivity contribution < 1.29 is 20.1 Å². The van der Waals surface area contributed by atoms with Crippen LogP contribution in [0.2, 0.25) is 0 Å². The molecule has 60 heavy (non-hydrogen) atoms. The summed E-state index contributed by atoms with van der Waals surface area (Å²) in [4.78, 5) is 12.5. The van der Waals surface area contributed by atoms with Gasteiger partial charge in [0.1, 0.15) is 6.10 Å². The lowest BCUT2D eigenvalue weighted by Crippen LogP contribution is -2.48. The van der Waals surface area contributed by atoms with Crippen molar-refractivity contribution in [2.45, 2.75) is 302 Å². The summed E-state index contributed by atoms with van der Waals surface area (Å²) in [5.41, 5.74) is 0. The highest BCUT2D eigenvalue weighted by molar-refractivity contribution is 5.80.